The Hall–Kier alpha value is -2.11. The van der Waals surface area contributed by atoms with Crippen molar-refractivity contribution in [2.75, 3.05) is 13.7 Å². The van der Waals surface area contributed by atoms with E-state index in [1.165, 1.54) is 31.1 Å². The second-order valence-corrected chi connectivity index (χ2v) is 4.99. The number of likely N-dealkylation sites (tertiary alicyclic amines) is 1. The lowest BCUT2D eigenvalue weighted by Crippen LogP contribution is -2.50. The number of halogens is 1. The van der Waals surface area contributed by atoms with Crippen molar-refractivity contribution < 1.29 is 23.8 Å². The minimum atomic E-state index is -1.23. The number of carbonyl (C=O) groups is 2. The lowest BCUT2D eigenvalue weighted by molar-refractivity contribution is -0.147. The summed E-state index contributed by atoms with van der Waals surface area (Å²) in [5.41, 5.74) is -1.11. The Bertz CT molecular complexity index is 560. The van der Waals surface area contributed by atoms with Gasteiger partial charge in [-0.15, -0.1) is 0 Å². The number of carboxylic acid groups (broad SMARTS) is 1. The fourth-order valence-corrected chi connectivity index (χ4v) is 2.47. The average Bonchev–Trinajstić information content (AvgIpc) is 2.81. The molecule has 1 aromatic carbocycles. The Labute approximate surface area is 116 Å². The molecule has 0 spiro atoms. The second kappa shape index (κ2) is 5.11. The molecule has 0 radical (unpaired) electrons. The molecule has 1 saturated heterocycles. The second-order valence-electron chi connectivity index (χ2n) is 4.99. The monoisotopic (exact) mass is 281 g/mol. The third-order valence-electron chi connectivity index (χ3n) is 3.75. The zero-order valence-corrected chi connectivity index (χ0v) is 11.4. The van der Waals surface area contributed by atoms with E-state index >= 15 is 0 Å². The highest BCUT2D eigenvalue weighted by Crippen LogP contribution is 2.31. The zero-order chi connectivity index (χ0) is 14.9. The van der Waals surface area contributed by atoms with Crippen LogP contribution in [-0.2, 0) is 4.79 Å². The SMILES string of the molecule is COc1ccc(C(=O)N2CCCC2(C)C(=O)O)cc1F. The van der Waals surface area contributed by atoms with Crippen LogP contribution in [0.15, 0.2) is 18.2 Å². The summed E-state index contributed by atoms with van der Waals surface area (Å²) in [6.45, 7) is 1.87. The van der Waals surface area contributed by atoms with Gasteiger partial charge >= 0.3 is 5.97 Å². The third-order valence-corrected chi connectivity index (χ3v) is 3.75. The van der Waals surface area contributed by atoms with E-state index in [1.54, 1.807) is 0 Å². The fourth-order valence-electron chi connectivity index (χ4n) is 2.47. The van der Waals surface area contributed by atoms with E-state index in [0.29, 0.717) is 19.4 Å². The van der Waals surface area contributed by atoms with Crippen LogP contribution in [-0.4, -0.2) is 41.1 Å². The number of carboxylic acids is 1. The number of carbonyl (C=O) groups excluding carboxylic acids is 1. The highest BCUT2D eigenvalue weighted by molar-refractivity contribution is 5.98. The maximum atomic E-state index is 13.6. The lowest BCUT2D eigenvalue weighted by atomic mass is 9.98. The molecular formula is C14H16FNO4. The molecule has 6 heteroatoms. The third kappa shape index (κ3) is 2.21. The molecule has 1 atom stereocenters. The molecule has 1 N–H and O–H groups in total. The average molecular weight is 281 g/mol. The molecule has 1 amide bonds. The maximum Gasteiger partial charge on any atom is 0.329 e. The number of hydrogen-bond acceptors (Lipinski definition) is 3. The highest BCUT2D eigenvalue weighted by atomic mass is 19.1. The minimum absolute atomic E-state index is 0.0453. The summed E-state index contributed by atoms with van der Waals surface area (Å²) in [6.07, 6.45) is 1.01. The van der Waals surface area contributed by atoms with E-state index in [9.17, 15) is 19.1 Å². The van der Waals surface area contributed by atoms with Gasteiger partial charge in [-0.05, 0) is 38.0 Å². The standard InChI is InChI=1S/C14H16FNO4/c1-14(13(18)19)6-3-7-16(14)12(17)9-4-5-11(20-2)10(15)8-9/h4-5,8H,3,6-7H2,1-2H3,(H,18,19). The molecule has 2 rings (SSSR count). The number of methoxy groups -OCH3 is 1. The first-order valence-corrected chi connectivity index (χ1v) is 6.29. The first-order chi connectivity index (χ1) is 9.40. The zero-order valence-electron chi connectivity index (χ0n) is 11.4. The molecule has 1 fully saturated rings. The van der Waals surface area contributed by atoms with Gasteiger partial charge in [-0.1, -0.05) is 0 Å². The largest absolute Gasteiger partial charge is 0.494 e. The van der Waals surface area contributed by atoms with Gasteiger partial charge < -0.3 is 14.7 Å². The van der Waals surface area contributed by atoms with Crippen molar-refractivity contribution in [1.82, 2.24) is 4.90 Å². The van der Waals surface area contributed by atoms with Crippen molar-refractivity contribution in [3.63, 3.8) is 0 Å². The van der Waals surface area contributed by atoms with Gasteiger partial charge in [0.15, 0.2) is 11.6 Å². The number of nitrogens with zero attached hydrogens (tertiary/aromatic N) is 1. The quantitative estimate of drug-likeness (QED) is 0.919. The van der Waals surface area contributed by atoms with Crippen molar-refractivity contribution in [2.45, 2.75) is 25.3 Å². The summed E-state index contributed by atoms with van der Waals surface area (Å²) < 4.78 is 18.4. The van der Waals surface area contributed by atoms with Crippen molar-refractivity contribution >= 4 is 11.9 Å². The molecule has 108 valence electrons. The number of amides is 1. The van der Waals surface area contributed by atoms with Gasteiger partial charge in [-0.3, -0.25) is 4.79 Å². The number of ether oxygens (including phenoxy) is 1. The number of benzene rings is 1. The van der Waals surface area contributed by atoms with Gasteiger partial charge in [0, 0.05) is 12.1 Å². The van der Waals surface area contributed by atoms with E-state index in [1.807, 2.05) is 0 Å². The van der Waals surface area contributed by atoms with E-state index in [-0.39, 0.29) is 11.3 Å². The fraction of sp³-hybridized carbons (Fsp3) is 0.429. The summed E-state index contributed by atoms with van der Waals surface area (Å²) in [5.74, 6) is -2.12. The maximum absolute atomic E-state index is 13.6. The normalized spacial score (nSPS) is 21.9. The van der Waals surface area contributed by atoms with Gasteiger partial charge in [-0.25, -0.2) is 9.18 Å². The Morgan fingerprint density at radius 3 is 2.70 bits per heavy atom. The van der Waals surface area contributed by atoms with E-state index in [2.05, 4.69) is 0 Å². The Morgan fingerprint density at radius 2 is 2.15 bits per heavy atom. The van der Waals surface area contributed by atoms with E-state index < -0.39 is 23.2 Å². The summed E-state index contributed by atoms with van der Waals surface area (Å²) in [5, 5.41) is 9.29. The summed E-state index contributed by atoms with van der Waals surface area (Å²) in [6, 6.07) is 3.86. The molecule has 0 saturated carbocycles. The van der Waals surface area contributed by atoms with Crippen molar-refractivity contribution in [3.8, 4) is 5.75 Å². The van der Waals surface area contributed by atoms with Crippen LogP contribution in [0.2, 0.25) is 0 Å². The topological polar surface area (TPSA) is 66.8 Å². The molecule has 1 aliphatic heterocycles. The van der Waals surface area contributed by atoms with Crippen LogP contribution in [0.3, 0.4) is 0 Å². The Kier molecular flexibility index (Phi) is 3.65. The van der Waals surface area contributed by atoms with Gasteiger partial charge in [0.2, 0.25) is 0 Å². The molecule has 0 bridgehead atoms. The van der Waals surface area contributed by atoms with Crippen LogP contribution < -0.4 is 4.74 Å². The van der Waals surface area contributed by atoms with Crippen LogP contribution in [0.1, 0.15) is 30.1 Å². The van der Waals surface area contributed by atoms with Gasteiger partial charge in [-0.2, -0.15) is 0 Å². The van der Waals surface area contributed by atoms with E-state index in [0.717, 1.165) is 6.07 Å². The van der Waals surface area contributed by atoms with Gasteiger partial charge in [0.1, 0.15) is 5.54 Å². The minimum Gasteiger partial charge on any atom is -0.494 e. The molecule has 0 aliphatic carbocycles. The summed E-state index contributed by atoms with van der Waals surface area (Å²) in [7, 11) is 1.34. The number of aliphatic carboxylic acids is 1. The van der Waals surface area contributed by atoms with Crippen LogP contribution in [0.5, 0.6) is 5.75 Å². The smallest absolute Gasteiger partial charge is 0.329 e. The van der Waals surface area contributed by atoms with Crippen LogP contribution in [0, 0.1) is 5.82 Å². The molecule has 1 unspecified atom stereocenters. The summed E-state index contributed by atoms with van der Waals surface area (Å²) >= 11 is 0. The van der Waals surface area contributed by atoms with E-state index in [4.69, 9.17) is 4.74 Å². The predicted molar refractivity (Wildman–Crippen MR) is 69.3 cm³/mol. The molecular weight excluding hydrogens is 265 g/mol. The molecule has 5 nitrogen and oxygen atoms in total. The van der Waals surface area contributed by atoms with Gasteiger partial charge in [0.05, 0.1) is 7.11 Å². The van der Waals surface area contributed by atoms with Crippen molar-refractivity contribution in [2.24, 2.45) is 0 Å². The first kappa shape index (κ1) is 14.3. The number of rotatable bonds is 3. The van der Waals surface area contributed by atoms with Crippen molar-refractivity contribution in [3.05, 3.63) is 29.6 Å². The predicted octanol–water partition coefficient (Wildman–Crippen LogP) is 1.91. The lowest BCUT2D eigenvalue weighted by Gasteiger charge is -2.31. The first-order valence-electron chi connectivity index (χ1n) is 6.29. The highest BCUT2D eigenvalue weighted by Gasteiger charge is 2.46. The van der Waals surface area contributed by atoms with Crippen LogP contribution in [0.25, 0.3) is 0 Å². The summed E-state index contributed by atoms with van der Waals surface area (Å²) in [4.78, 5) is 25.0. The molecule has 20 heavy (non-hydrogen) atoms. The van der Waals surface area contributed by atoms with Gasteiger partial charge in [0.25, 0.3) is 5.91 Å². The Morgan fingerprint density at radius 1 is 1.45 bits per heavy atom. The van der Waals surface area contributed by atoms with Crippen molar-refractivity contribution in [1.29, 1.82) is 0 Å². The number of hydrogen-bond donors (Lipinski definition) is 1. The molecule has 1 aromatic rings. The Balaban J connectivity index is 2.32. The van der Waals surface area contributed by atoms with Crippen LogP contribution >= 0.6 is 0 Å². The molecule has 1 aliphatic rings. The molecule has 0 aromatic heterocycles. The van der Waals surface area contributed by atoms with Crippen LogP contribution in [0.4, 0.5) is 4.39 Å². The molecule has 1 heterocycles.